The zero-order valence-electron chi connectivity index (χ0n) is 16.2. The molecule has 1 aromatic carbocycles. The van der Waals surface area contributed by atoms with Crippen molar-refractivity contribution >= 4 is 19.9 Å². The lowest BCUT2D eigenvalue weighted by Gasteiger charge is -2.30. The minimum atomic E-state index is -3.73. The molecule has 3 rings (SSSR count). The Labute approximate surface area is 157 Å². The molecule has 2 aliphatic rings. The maximum absolute atomic E-state index is 13.5. The highest BCUT2D eigenvalue weighted by Gasteiger charge is 2.47. The first-order chi connectivity index (χ1) is 11.8. The van der Waals surface area contributed by atoms with Crippen LogP contribution in [0.25, 0.3) is 0 Å². The Kier molecular flexibility index (Phi) is 4.81. The molecule has 0 unspecified atom stereocenters. The molecule has 1 atom stereocenters. The second kappa shape index (κ2) is 6.31. The van der Waals surface area contributed by atoms with Crippen molar-refractivity contribution in [2.24, 2.45) is 0 Å². The third-order valence-electron chi connectivity index (χ3n) is 5.34. The van der Waals surface area contributed by atoms with E-state index in [1.807, 2.05) is 26.0 Å². The summed E-state index contributed by atoms with van der Waals surface area (Å²) in [7, 11) is -6.87. The Morgan fingerprint density at radius 1 is 1.00 bits per heavy atom. The number of aryl methyl sites for hydroxylation is 2. The van der Waals surface area contributed by atoms with Gasteiger partial charge in [-0.1, -0.05) is 32.9 Å². The average Bonchev–Trinajstić information content (AvgIpc) is 3.20. The van der Waals surface area contributed by atoms with Gasteiger partial charge in [-0.2, -0.15) is 4.31 Å². The van der Waals surface area contributed by atoms with Crippen LogP contribution >= 0.6 is 0 Å². The van der Waals surface area contributed by atoms with Gasteiger partial charge in [-0.3, -0.25) is 0 Å². The second-order valence-electron chi connectivity index (χ2n) is 8.81. The molecule has 1 aliphatic carbocycles. The van der Waals surface area contributed by atoms with E-state index in [0.717, 1.165) is 29.5 Å². The molecule has 0 radical (unpaired) electrons. The first kappa shape index (κ1) is 19.8. The first-order valence-corrected chi connectivity index (χ1v) is 12.4. The highest BCUT2D eigenvalue weighted by Crippen LogP contribution is 2.39. The molecule has 2 fully saturated rings. The van der Waals surface area contributed by atoms with Gasteiger partial charge in [0.05, 0.1) is 16.4 Å². The molecular weight excluding hydrogens is 370 g/mol. The number of rotatable bonds is 4. The molecule has 1 saturated carbocycles. The number of benzene rings is 1. The maximum atomic E-state index is 13.5. The molecule has 26 heavy (non-hydrogen) atoms. The van der Waals surface area contributed by atoms with Crippen molar-refractivity contribution in [3.05, 3.63) is 28.8 Å². The fourth-order valence-corrected chi connectivity index (χ4v) is 8.02. The largest absolute Gasteiger partial charge is 0.244 e. The van der Waals surface area contributed by atoms with Gasteiger partial charge in [-0.25, -0.2) is 16.8 Å². The summed E-state index contributed by atoms with van der Waals surface area (Å²) in [6.07, 6.45) is 2.03. The van der Waals surface area contributed by atoms with E-state index in [1.165, 1.54) is 4.31 Å². The van der Waals surface area contributed by atoms with Gasteiger partial charge in [0.1, 0.15) is 0 Å². The molecular formula is C19H29NO4S2. The third kappa shape index (κ3) is 3.71. The van der Waals surface area contributed by atoms with Crippen LogP contribution in [0.15, 0.2) is 17.0 Å². The van der Waals surface area contributed by atoms with Gasteiger partial charge >= 0.3 is 0 Å². The van der Waals surface area contributed by atoms with Crippen molar-refractivity contribution < 1.29 is 16.8 Å². The first-order valence-electron chi connectivity index (χ1n) is 9.18. The quantitative estimate of drug-likeness (QED) is 0.780. The Morgan fingerprint density at radius 3 is 1.92 bits per heavy atom. The van der Waals surface area contributed by atoms with E-state index < -0.39 is 25.9 Å². The summed E-state index contributed by atoms with van der Waals surface area (Å²) >= 11 is 0. The van der Waals surface area contributed by atoms with Crippen molar-refractivity contribution in [2.45, 2.75) is 76.3 Å². The SMILES string of the molecule is Cc1cc(C(C)(C)C)cc(C)c1S(=O)(=O)N(C1CC1)[C@@H]1CCS(=O)(=O)C1. The Hall–Kier alpha value is -0.920. The zero-order valence-corrected chi connectivity index (χ0v) is 17.9. The van der Waals surface area contributed by atoms with Crippen LogP contribution in [0.4, 0.5) is 0 Å². The Morgan fingerprint density at radius 2 is 1.54 bits per heavy atom. The van der Waals surface area contributed by atoms with Crippen molar-refractivity contribution in [1.29, 1.82) is 0 Å². The van der Waals surface area contributed by atoms with E-state index in [1.54, 1.807) is 0 Å². The van der Waals surface area contributed by atoms with E-state index in [4.69, 9.17) is 0 Å². The highest BCUT2D eigenvalue weighted by molar-refractivity contribution is 7.92. The minimum Gasteiger partial charge on any atom is -0.229 e. The fraction of sp³-hybridized carbons (Fsp3) is 0.684. The Bertz CT molecular complexity index is 900. The van der Waals surface area contributed by atoms with E-state index in [-0.39, 0.29) is 23.0 Å². The molecule has 0 bridgehead atoms. The molecule has 0 N–H and O–H groups in total. The molecule has 0 spiro atoms. The molecule has 1 heterocycles. The summed E-state index contributed by atoms with van der Waals surface area (Å²) in [6, 6.07) is 3.42. The van der Waals surface area contributed by atoms with E-state index in [9.17, 15) is 16.8 Å². The normalized spacial score (nSPS) is 23.5. The fourth-order valence-electron chi connectivity index (χ4n) is 3.89. The number of nitrogens with zero attached hydrogens (tertiary/aromatic N) is 1. The molecule has 1 aromatic rings. The summed E-state index contributed by atoms with van der Waals surface area (Å²) in [6.45, 7) is 10.00. The lowest BCUT2D eigenvalue weighted by Crippen LogP contribution is -2.43. The van der Waals surface area contributed by atoms with Crippen LogP contribution in [0, 0.1) is 13.8 Å². The smallest absolute Gasteiger partial charge is 0.229 e. The van der Waals surface area contributed by atoms with Crippen molar-refractivity contribution in [1.82, 2.24) is 4.31 Å². The summed E-state index contributed by atoms with van der Waals surface area (Å²) in [5.41, 5.74) is 2.52. The van der Waals surface area contributed by atoms with Crippen LogP contribution in [0.1, 0.15) is 56.7 Å². The van der Waals surface area contributed by atoms with Crippen LogP contribution in [-0.4, -0.2) is 44.7 Å². The van der Waals surface area contributed by atoms with Crippen LogP contribution in [0.5, 0.6) is 0 Å². The van der Waals surface area contributed by atoms with Crippen LogP contribution in [0.2, 0.25) is 0 Å². The van der Waals surface area contributed by atoms with Gasteiger partial charge < -0.3 is 0 Å². The summed E-state index contributed by atoms with van der Waals surface area (Å²) in [4.78, 5) is 0.349. The number of sulfone groups is 1. The zero-order chi connectivity index (χ0) is 19.5. The van der Waals surface area contributed by atoms with Gasteiger partial charge in [-0.15, -0.1) is 0 Å². The molecule has 1 aliphatic heterocycles. The molecule has 0 aromatic heterocycles. The summed E-state index contributed by atoms with van der Waals surface area (Å²) in [5.74, 6) is 0.0260. The summed E-state index contributed by atoms with van der Waals surface area (Å²) in [5, 5.41) is 0. The van der Waals surface area contributed by atoms with Gasteiger partial charge in [0, 0.05) is 12.1 Å². The number of hydrogen-bond donors (Lipinski definition) is 0. The third-order valence-corrected chi connectivity index (χ3v) is 9.40. The number of sulfonamides is 1. The van der Waals surface area contributed by atoms with Crippen molar-refractivity contribution in [3.63, 3.8) is 0 Å². The van der Waals surface area contributed by atoms with Crippen LogP contribution in [-0.2, 0) is 25.3 Å². The van der Waals surface area contributed by atoms with Crippen LogP contribution < -0.4 is 0 Å². The van der Waals surface area contributed by atoms with Crippen molar-refractivity contribution in [3.8, 4) is 0 Å². The van der Waals surface area contributed by atoms with Gasteiger partial charge in [-0.05, 0) is 55.2 Å². The van der Waals surface area contributed by atoms with Crippen LogP contribution in [0.3, 0.4) is 0 Å². The number of hydrogen-bond acceptors (Lipinski definition) is 4. The molecule has 7 heteroatoms. The highest BCUT2D eigenvalue weighted by atomic mass is 32.2. The van der Waals surface area contributed by atoms with Gasteiger partial charge in [0.15, 0.2) is 9.84 Å². The minimum absolute atomic E-state index is 0.0547. The predicted octanol–water partition coefficient (Wildman–Crippen LogP) is 2.94. The molecule has 146 valence electrons. The molecule has 5 nitrogen and oxygen atoms in total. The standard InChI is InChI=1S/C19H29NO4S2/c1-13-10-15(19(3,4)5)11-14(2)18(13)26(23,24)20(16-6-7-16)17-8-9-25(21,22)12-17/h10-11,16-17H,6-9,12H2,1-5H3/t17-/m1/s1. The molecule has 1 saturated heterocycles. The second-order valence-corrected chi connectivity index (χ2v) is 12.8. The lowest BCUT2D eigenvalue weighted by atomic mass is 9.85. The van der Waals surface area contributed by atoms with Gasteiger partial charge in [0.2, 0.25) is 10.0 Å². The monoisotopic (exact) mass is 399 g/mol. The van der Waals surface area contributed by atoms with Gasteiger partial charge in [0.25, 0.3) is 0 Å². The maximum Gasteiger partial charge on any atom is 0.244 e. The topological polar surface area (TPSA) is 71.5 Å². The van der Waals surface area contributed by atoms with E-state index in [0.29, 0.717) is 11.3 Å². The van der Waals surface area contributed by atoms with E-state index >= 15 is 0 Å². The van der Waals surface area contributed by atoms with E-state index in [2.05, 4.69) is 20.8 Å². The molecule has 0 amide bonds. The Balaban J connectivity index is 2.06. The lowest BCUT2D eigenvalue weighted by molar-refractivity contribution is 0.332. The van der Waals surface area contributed by atoms with Crippen molar-refractivity contribution in [2.75, 3.05) is 11.5 Å². The average molecular weight is 400 g/mol. The predicted molar refractivity (Wildman–Crippen MR) is 104 cm³/mol. The summed E-state index contributed by atoms with van der Waals surface area (Å²) < 4.78 is 52.4.